The number of allylic oxidation sites excluding steroid dienone is 2. The highest BCUT2D eigenvalue weighted by molar-refractivity contribution is 5.72. The summed E-state index contributed by atoms with van der Waals surface area (Å²) in [7, 11) is 0. The standard InChI is InChI=1S/C19H31NO/c1-5-13-21-20-12-9-15-14-7-8-16-17(14)18(2,3)10-6-11-19(15,16)4/h9,12,14,16-17H,5-8,10-11,13H2,1-4H3/b15-9-,20-12+/t14-,16-,17+,19-/m1/s1. The van der Waals surface area contributed by atoms with Crippen molar-refractivity contribution in [3.05, 3.63) is 11.6 Å². The Bertz CT molecular complexity index is 450. The Morgan fingerprint density at radius 2 is 2.05 bits per heavy atom. The molecule has 0 amide bonds. The molecule has 0 aliphatic heterocycles. The quantitative estimate of drug-likeness (QED) is 0.396. The van der Waals surface area contributed by atoms with Gasteiger partial charge in [-0.05, 0) is 66.8 Å². The predicted molar refractivity (Wildman–Crippen MR) is 88.3 cm³/mol. The molecule has 2 heteroatoms. The Kier molecular flexibility index (Phi) is 3.92. The molecule has 4 atom stereocenters. The minimum Gasteiger partial charge on any atom is -0.396 e. The summed E-state index contributed by atoms with van der Waals surface area (Å²) in [6.07, 6.45) is 12.2. The van der Waals surface area contributed by atoms with E-state index in [2.05, 4.69) is 38.9 Å². The molecule has 3 aliphatic rings. The number of hydrogen-bond acceptors (Lipinski definition) is 2. The normalized spacial score (nSPS) is 42.7. The summed E-state index contributed by atoms with van der Waals surface area (Å²) >= 11 is 0. The molecule has 0 aromatic rings. The van der Waals surface area contributed by atoms with E-state index in [1.807, 2.05) is 6.21 Å². The largest absolute Gasteiger partial charge is 0.396 e. The molecule has 3 saturated carbocycles. The molecule has 3 aliphatic carbocycles. The zero-order chi connectivity index (χ0) is 15.1. The van der Waals surface area contributed by atoms with Gasteiger partial charge < -0.3 is 4.84 Å². The van der Waals surface area contributed by atoms with Gasteiger partial charge in [-0.3, -0.25) is 0 Å². The first-order valence-corrected chi connectivity index (χ1v) is 8.86. The Hall–Kier alpha value is -0.790. The van der Waals surface area contributed by atoms with E-state index in [-0.39, 0.29) is 0 Å². The summed E-state index contributed by atoms with van der Waals surface area (Å²) in [4.78, 5) is 5.26. The third kappa shape index (κ3) is 2.35. The van der Waals surface area contributed by atoms with Gasteiger partial charge in [0.15, 0.2) is 0 Å². The smallest absolute Gasteiger partial charge is 0.116 e. The zero-order valence-corrected chi connectivity index (χ0v) is 14.2. The van der Waals surface area contributed by atoms with E-state index in [1.165, 1.54) is 32.1 Å². The number of nitrogens with zero attached hydrogens (tertiary/aromatic N) is 1. The second-order valence-electron chi connectivity index (χ2n) is 8.29. The molecule has 0 unspecified atom stereocenters. The van der Waals surface area contributed by atoms with Crippen LogP contribution in [0.1, 0.15) is 66.2 Å². The fourth-order valence-electron chi connectivity index (χ4n) is 5.81. The van der Waals surface area contributed by atoms with E-state index < -0.39 is 0 Å². The molecule has 0 N–H and O–H groups in total. The van der Waals surface area contributed by atoms with Crippen LogP contribution in [0.3, 0.4) is 0 Å². The molecule has 0 heterocycles. The van der Waals surface area contributed by atoms with Crippen LogP contribution in [0, 0.1) is 28.6 Å². The summed E-state index contributed by atoms with van der Waals surface area (Å²) < 4.78 is 0. The molecule has 0 aromatic carbocycles. The molecule has 118 valence electrons. The van der Waals surface area contributed by atoms with Crippen molar-refractivity contribution in [2.24, 2.45) is 33.7 Å². The van der Waals surface area contributed by atoms with Gasteiger partial charge in [0.25, 0.3) is 0 Å². The maximum Gasteiger partial charge on any atom is 0.116 e. The number of hydrogen-bond donors (Lipinski definition) is 0. The minimum absolute atomic E-state index is 0.429. The Morgan fingerprint density at radius 3 is 2.81 bits per heavy atom. The van der Waals surface area contributed by atoms with Crippen LogP contribution in [0.2, 0.25) is 0 Å². The highest BCUT2D eigenvalue weighted by Gasteiger charge is 2.62. The van der Waals surface area contributed by atoms with Gasteiger partial charge in [-0.2, -0.15) is 0 Å². The molecular weight excluding hydrogens is 258 g/mol. The van der Waals surface area contributed by atoms with Gasteiger partial charge in [-0.15, -0.1) is 0 Å². The fraction of sp³-hybridized carbons (Fsp3) is 0.842. The molecule has 0 radical (unpaired) electrons. The van der Waals surface area contributed by atoms with Crippen molar-refractivity contribution in [2.45, 2.75) is 66.2 Å². The number of oxime groups is 1. The number of rotatable bonds is 4. The Balaban J connectivity index is 1.86. The van der Waals surface area contributed by atoms with E-state index in [0.717, 1.165) is 30.8 Å². The lowest BCUT2D eigenvalue weighted by Crippen LogP contribution is -2.28. The van der Waals surface area contributed by atoms with Gasteiger partial charge in [-0.1, -0.05) is 44.8 Å². The van der Waals surface area contributed by atoms with E-state index in [1.54, 1.807) is 5.57 Å². The van der Waals surface area contributed by atoms with Crippen LogP contribution >= 0.6 is 0 Å². The molecule has 21 heavy (non-hydrogen) atoms. The van der Waals surface area contributed by atoms with Crippen LogP contribution in [0.15, 0.2) is 16.8 Å². The molecule has 3 rings (SSSR count). The molecule has 0 spiro atoms. The van der Waals surface area contributed by atoms with Crippen LogP contribution in [0.5, 0.6) is 0 Å². The van der Waals surface area contributed by atoms with Crippen LogP contribution in [-0.4, -0.2) is 12.8 Å². The van der Waals surface area contributed by atoms with Crippen molar-refractivity contribution < 1.29 is 4.84 Å². The van der Waals surface area contributed by atoms with Gasteiger partial charge in [-0.25, -0.2) is 0 Å². The first-order valence-electron chi connectivity index (χ1n) is 8.86. The van der Waals surface area contributed by atoms with Gasteiger partial charge in [0.1, 0.15) is 6.61 Å². The fourth-order valence-corrected chi connectivity index (χ4v) is 5.81. The lowest BCUT2D eigenvalue weighted by molar-refractivity contribution is 0.141. The topological polar surface area (TPSA) is 21.6 Å². The average Bonchev–Trinajstić information content (AvgIpc) is 2.92. The zero-order valence-electron chi connectivity index (χ0n) is 14.2. The maximum atomic E-state index is 5.26. The van der Waals surface area contributed by atoms with E-state index in [4.69, 9.17) is 4.84 Å². The van der Waals surface area contributed by atoms with Gasteiger partial charge in [0, 0.05) is 0 Å². The molecule has 2 nitrogen and oxygen atoms in total. The van der Waals surface area contributed by atoms with Crippen molar-refractivity contribution in [1.82, 2.24) is 0 Å². The second kappa shape index (κ2) is 5.44. The first-order chi connectivity index (χ1) is 10.0. The summed E-state index contributed by atoms with van der Waals surface area (Å²) in [5, 5.41) is 4.11. The van der Waals surface area contributed by atoms with Crippen molar-refractivity contribution in [2.75, 3.05) is 6.61 Å². The van der Waals surface area contributed by atoms with Crippen LogP contribution < -0.4 is 0 Å². The lowest BCUT2D eigenvalue weighted by Gasteiger charge is -2.36. The predicted octanol–water partition coefficient (Wildman–Crippen LogP) is 5.20. The van der Waals surface area contributed by atoms with Crippen molar-refractivity contribution >= 4 is 6.21 Å². The molecule has 0 saturated heterocycles. The molecule has 3 fully saturated rings. The third-order valence-corrected chi connectivity index (χ3v) is 6.64. The Labute approximate surface area is 130 Å². The maximum absolute atomic E-state index is 5.26. The van der Waals surface area contributed by atoms with Gasteiger partial charge >= 0.3 is 0 Å². The molecule has 4 bridgehead atoms. The van der Waals surface area contributed by atoms with Crippen molar-refractivity contribution in [3.8, 4) is 0 Å². The average molecular weight is 289 g/mol. The SMILES string of the molecule is CCCO/N=C/C=C1/[C@H]2CC[C@@H]3[C@H]2C(C)(C)CCC[C@]13C. The molecular formula is C19H31NO. The van der Waals surface area contributed by atoms with E-state index >= 15 is 0 Å². The monoisotopic (exact) mass is 289 g/mol. The summed E-state index contributed by atoms with van der Waals surface area (Å²) in [5.41, 5.74) is 2.62. The molecule has 0 aromatic heterocycles. The summed E-state index contributed by atoms with van der Waals surface area (Å²) in [6, 6.07) is 0. The van der Waals surface area contributed by atoms with Crippen LogP contribution in [0.25, 0.3) is 0 Å². The third-order valence-electron chi connectivity index (χ3n) is 6.64. The van der Waals surface area contributed by atoms with E-state index in [0.29, 0.717) is 10.8 Å². The lowest BCUT2D eigenvalue weighted by atomic mass is 9.68. The van der Waals surface area contributed by atoms with E-state index in [9.17, 15) is 0 Å². The summed E-state index contributed by atoms with van der Waals surface area (Å²) in [6.45, 7) is 10.4. The van der Waals surface area contributed by atoms with Crippen molar-refractivity contribution in [1.29, 1.82) is 0 Å². The Morgan fingerprint density at radius 1 is 1.24 bits per heavy atom. The van der Waals surface area contributed by atoms with Crippen LogP contribution in [0.4, 0.5) is 0 Å². The highest BCUT2D eigenvalue weighted by Crippen LogP contribution is 2.70. The van der Waals surface area contributed by atoms with Crippen LogP contribution in [-0.2, 0) is 4.84 Å². The minimum atomic E-state index is 0.429. The second-order valence-corrected chi connectivity index (χ2v) is 8.29. The van der Waals surface area contributed by atoms with Crippen molar-refractivity contribution in [3.63, 3.8) is 0 Å². The summed E-state index contributed by atoms with van der Waals surface area (Å²) in [5.74, 6) is 2.59. The van der Waals surface area contributed by atoms with Gasteiger partial charge in [0.05, 0.1) is 6.21 Å². The highest BCUT2D eigenvalue weighted by atomic mass is 16.6. The first kappa shape index (κ1) is 15.1. The van der Waals surface area contributed by atoms with Gasteiger partial charge in [0.2, 0.25) is 0 Å².